The van der Waals surface area contributed by atoms with Crippen LogP contribution in [0.2, 0.25) is 0 Å². The second-order valence-electron chi connectivity index (χ2n) is 1.17. The van der Waals surface area contributed by atoms with Crippen molar-refractivity contribution < 1.29 is 9.59 Å². The molecular weight excluding hydrogens is 94.0 g/mol. The maximum Gasteiger partial charge on any atom is 0.217 e. The average Bonchev–Trinajstić information content (AvgIpc) is 1.61. The minimum absolute atomic E-state index is 0.170. The van der Waals surface area contributed by atoms with Gasteiger partial charge in [-0.2, -0.15) is 0 Å². The highest BCUT2D eigenvalue weighted by molar-refractivity contribution is 5.76. The van der Waals surface area contributed by atoms with E-state index in [1.807, 2.05) is 0 Å². The molecule has 0 bridgehead atoms. The summed E-state index contributed by atoms with van der Waals surface area (Å²) in [5, 5.41) is 0. The average molecular weight is 101 g/mol. The van der Waals surface area contributed by atoms with Crippen LogP contribution in [0, 0.1) is 0 Å². The molecular formula is C4H7NO2. The lowest BCUT2D eigenvalue weighted by Crippen LogP contribution is -2.09. The normalized spacial score (nSPS) is 8.00. The van der Waals surface area contributed by atoms with Gasteiger partial charge < -0.3 is 10.5 Å². The Kier molecular flexibility index (Phi) is 2.92. The second kappa shape index (κ2) is 3.33. The van der Waals surface area contributed by atoms with Crippen LogP contribution in [0.1, 0.15) is 12.8 Å². The molecule has 40 valence electrons. The fourth-order valence-corrected chi connectivity index (χ4v) is 0.201. The van der Waals surface area contributed by atoms with Crippen LogP contribution < -0.4 is 5.73 Å². The molecule has 0 aliphatic carbocycles. The van der Waals surface area contributed by atoms with Crippen LogP contribution in [0.5, 0.6) is 0 Å². The summed E-state index contributed by atoms with van der Waals surface area (Å²) in [5.74, 6) is -0.424. The van der Waals surface area contributed by atoms with Crippen molar-refractivity contribution in [3.8, 4) is 0 Å². The van der Waals surface area contributed by atoms with Crippen LogP contribution >= 0.6 is 0 Å². The van der Waals surface area contributed by atoms with Crippen LogP contribution in [0.3, 0.4) is 0 Å². The molecule has 0 unspecified atom stereocenters. The third kappa shape index (κ3) is 5.14. The quantitative estimate of drug-likeness (QED) is 0.485. The molecule has 3 heteroatoms. The van der Waals surface area contributed by atoms with Crippen molar-refractivity contribution in [2.75, 3.05) is 0 Å². The van der Waals surface area contributed by atoms with Crippen LogP contribution in [-0.2, 0) is 9.59 Å². The summed E-state index contributed by atoms with van der Waals surface area (Å²) in [6.45, 7) is 0. The molecule has 0 heterocycles. The van der Waals surface area contributed by atoms with Gasteiger partial charge in [0.05, 0.1) is 0 Å². The van der Waals surface area contributed by atoms with Crippen molar-refractivity contribution in [2.24, 2.45) is 5.73 Å². The van der Waals surface area contributed by atoms with E-state index in [-0.39, 0.29) is 12.8 Å². The molecule has 3 nitrogen and oxygen atoms in total. The Morgan fingerprint density at radius 3 is 2.43 bits per heavy atom. The number of primary amides is 1. The fourth-order valence-electron chi connectivity index (χ4n) is 0.201. The van der Waals surface area contributed by atoms with Crippen molar-refractivity contribution in [3.05, 3.63) is 0 Å². The lowest BCUT2D eigenvalue weighted by atomic mass is 10.3. The monoisotopic (exact) mass is 101 g/mol. The van der Waals surface area contributed by atoms with Crippen molar-refractivity contribution in [1.82, 2.24) is 0 Å². The summed E-state index contributed by atoms with van der Waals surface area (Å²) >= 11 is 0. The first-order valence-corrected chi connectivity index (χ1v) is 1.99. The molecule has 0 fully saturated rings. The highest BCUT2D eigenvalue weighted by Gasteiger charge is 1.88. The largest absolute Gasteiger partial charge is 0.370 e. The van der Waals surface area contributed by atoms with Gasteiger partial charge in [0.2, 0.25) is 5.91 Å². The van der Waals surface area contributed by atoms with E-state index in [0.29, 0.717) is 6.29 Å². The molecule has 0 spiro atoms. The van der Waals surface area contributed by atoms with Crippen molar-refractivity contribution >= 4 is 12.2 Å². The van der Waals surface area contributed by atoms with Gasteiger partial charge in [-0.3, -0.25) is 4.79 Å². The first-order valence-electron chi connectivity index (χ1n) is 1.99. The van der Waals surface area contributed by atoms with Gasteiger partial charge in [-0.25, -0.2) is 0 Å². The number of rotatable bonds is 3. The summed E-state index contributed by atoms with van der Waals surface area (Å²) in [6.07, 6.45) is 1.09. The highest BCUT2D eigenvalue weighted by Crippen LogP contribution is 1.78. The number of amides is 1. The predicted molar refractivity (Wildman–Crippen MR) is 24.5 cm³/mol. The maximum atomic E-state index is 9.82. The van der Waals surface area contributed by atoms with Gasteiger partial charge in [-0.1, -0.05) is 0 Å². The third-order valence-electron chi connectivity index (χ3n) is 0.509. The molecule has 0 saturated carbocycles. The fraction of sp³-hybridized carbons (Fsp3) is 0.500. The molecule has 0 aromatic rings. The summed E-state index contributed by atoms with van der Waals surface area (Å²) < 4.78 is 0. The summed E-state index contributed by atoms with van der Waals surface area (Å²) in [5.41, 5.74) is 4.68. The predicted octanol–water partition coefficient (Wildman–Crippen LogP) is -0.549. The lowest BCUT2D eigenvalue weighted by molar-refractivity contribution is -0.119. The van der Waals surface area contributed by atoms with E-state index in [1.165, 1.54) is 0 Å². The van der Waals surface area contributed by atoms with E-state index in [4.69, 9.17) is 0 Å². The molecule has 0 aliphatic heterocycles. The van der Waals surface area contributed by atoms with Gasteiger partial charge >= 0.3 is 0 Å². The minimum atomic E-state index is -0.424. The van der Waals surface area contributed by atoms with Gasteiger partial charge in [0, 0.05) is 12.8 Å². The number of nitrogens with two attached hydrogens (primary N) is 1. The van der Waals surface area contributed by atoms with Gasteiger partial charge in [0.15, 0.2) is 0 Å². The van der Waals surface area contributed by atoms with Crippen molar-refractivity contribution in [1.29, 1.82) is 0 Å². The van der Waals surface area contributed by atoms with E-state index in [2.05, 4.69) is 5.73 Å². The van der Waals surface area contributed by atoms with E-state index in [1.54, 1.807) is 0 Å². The Labute approximate surface area is 41.5 Å². The molecule has 0 atom stereocenters. The van der Waals surface area contributed by atoms with Gasteiger partial charge in [0.1, 0.15) is 6.29 Å². The van der Waals surface area contributed by atoms with Gasteiger partial charge in [-0.15, -0.1) is 0 Å². The van der Waals surface area contributed by atoms with Crippen molar-refractivity contribution in [2.45, 2.75) is 12.8 Å². The molecule has 0 aliphatic rings. The zero-order valence-corrected chi connectivity index (χ0v) is 3.89. The first-order chi connectivity index (χ1) is 3.27. The molecule has 0 radical (unpaired) electrons. The Morgan fingerprint density at radius 1 is 1.71 bits per heavy atom. The van der Waals surface area contributed by atoms with E-state index >= 15 is 0 Å². The van der Waals surface area contributed by atoms with Crippen LogP contribution in [0.25, 0.3) is 0 Å². The first kappa shape index (κ1) is 6.14. The van der Waals surface area contributed by atoms with Gasteiger partial charge in [-0.05, 0) is 0 Å². The number of hydrogen-bond acceptors (Lipinski definition) is 2. The molecule has 0 rings (SSSR count). The Balaban J connectivity index is 2.97. The van der Waals surface area contributed by atoms with E-state index in [0.717, 1.165) is 0 Å². The SMILES string of the molecule is NC(=O)CCC=O. The summed E-state index contributed by atoms with van der Waals surface area (Å²) in [7, 11) is 0. The number of aldehydes is 1. The number of carbonyl (C=O) groups excluding carboxylic acids is 2. The second-order valence-corrected chi connectivity index (χ2v) is 1.17. The number of hydrogen-bond donors (Lipinski definition) is 1. The van der Waals surface area contributed by atoms with E-state index in [9.17, 15) is 9.59 Å². The van der Waals surface area contributed by atoms with Crippen LogP contribution in [0.4, 0.5) is 0 Å². The van der Waals surface area contributed by atoms with E-state index < -0.39 is 5.91 Å². The van der Waals surface area contributed by atoms with Gasteiger partial charge in [0.25, 0.3) is 0 Å². The smallest absolute Gasteiger partial charge is 0.217 e. The van der Waals surface area contributed by atoms with Crippen LogP contribution in [0.15, 0.2) is 0 Å². The standard InChI is InChI=1S/C4H7NO2/c5-4(7)2-1-3-6/h3H,1-2H2,(H2,5,7). The Morgan fingerprint density at radius 2 is 2.29 bits per heavy atom. The van der Waals surface area contributed by atoms with Crippen molar-refractivity contribution in [3.63, 3.8) is 0 Å². The zero-order chi connectivity index (χ0) is 5.70. The molecule has 2 N–H and O–H groups in total. The minimum Gasteiger partial charge on any atom is -0.370 e. The molecule has 7 heavy (non-hydrogen) atoms. The lowest BCUT2D eigenvalue weighted by Gasteiger charge is -1.81. The molecule has 1 amide bonds. The Hall–Kier alpha value is -0.860. The number of carbonyl (C=O) groups is 2. The Bertz CT molecular complexity index is 79.8. The zero-order valence-electron chi connectivity index (χ0n) is 3.89. The topological polar surface area (TPSA) is 60.2 Å². The molecule has 0 saturated heterocycles. The highest BCUT2D eigenvalue weighted by atomic mass is 16.1. The molecule has 0 aromatic heterocycles. The molecule has 0 aromatic carbocycles. The maximum absolute atomic E-state index is 9.82. The summed E-state index contributed by atoms with van der Waals surface area (Å²) in [6, 6.07) is 0. The summed E-state index contributed by atoms with van der Waals surface area (Å²) in [4.78, 5) is 19.3. The van der Waals surface area contributed by atoms with Crippen LogP contribution in [-0.4, -0.2) is 12.2 Å². The third-order valence-corrected chi connectivity index (χ3v) is 0.509.